The van der Waals surface area contributed by atoms with Gasteiger partial charge < -0.3 is 20.0 Å². The van der Waals surface area contributed by atoms with E-state index in [1.54, 1.807) is 23.4 Å². The van der Waals surface area contributed by atoms with E-state index >= 15 is 0 Å². The van der Waals surface area contributed by atoms with E-state index in [0.717, 1.165) is 16.9 Å². The lowest BCUT2D eigenvalue weighted by Crippen LogP contribution is -2.46. The molecule has 8 heteroatoms. The van der Waals surface area contributed by atoms with Gasteiger partial charge in [0.25, 0.3) is 0 Å². The van der Waals surface area contributed by atoms with Gasteiger partial charge in [-0.05, 0) is 42.2 Å². The molecule has 0 radical (unpaired) electrons. The first-order valence-corrected chi connectivity index (χ1v) is 10.6. The maximum atomic E-state index is 12.6. The lowest BCUT2D eigenvalue weighted by atomic mass is 9.96. The van der Waals surface area contributed by atoms with E-state index in [2.05, 4.69) is 27.9 Å². The van der Waals surface area contributed by atoms with E-state index in [4.69, 9.17) is 4.42 Å². The molecule has 1 saturated heterocycles. The molecule has 3 heterocycles. The Hall–Kier alpha value is -3.55. The Bertz CT molecular complexity index is 977. The summed E-state index contributed by atoms with van der Waals surface area (Å²) in [5.74, 6) is 0.683. The third-order valence-corrected chi connectivity index (χ3v) is 5.51. The molecule has 2 N–H and O–H groups in total. The van der Waals surface area contributed by atoms with Crippen LogP contribution >= 0.6 is 0 Å². The molecular weight excluding hydrogens is 394 g/mol. The van der Waals surface area contributed by atoms with Crippen LogP contribution in [0.15, 0.2) is 65.5 Å². The van der Waals surface area contributed by atoms with Crippen LogP contribution in [0.5, 0.6) is 0 Å². The smallest absolute Gasteiger partial charge is 0.317 e. The summed E-state index contributed by atoms with van der Waals surface area (Å²) in [6.07, 6.45) is 6.60. The van der Waals surface area contributed by atoms with Gasteiger partial charge in [0, 0.05) is 37.9 Å². The number of carbonyl (C=O) groups is 2. The van der Waals surface area contributed by atoms with Crippen LogP contribution in [-0.2, 0) is 24.4 Å². The van der Waals surface area contributed by atoms with Crippen LogP contribution in [0.4, 0.5) is 4.79 Å². The van der Waals surface area contributed by atoms with Crippen molar-refractivity contribution in [2.24, 2.45) is 5.92 Å². The van der Waals surface area contributed by atoms with E-state index in [-0.39, 0.29) is 17.9 Å². The van der Waals surface area contributed by atoms with Crippen molar-refractivity contribution in [1.29, 1.82) is 0 Å². The highest BCUT2D eigenvalue weighted by Gasteiger charge is 2.27. The molecule has 0 atom stereocenters. The molecule has 0 unspecified atom stereocenters. The summed E-state index contributed by atoms with van der Waals surface area (Å²) in [5, 5.41) is 10.1. The molecule has 31 heavy (non-hydrogen) atoms. The van der Waals surface area contributed by atoms with Crippen molar-refractivity contribution in [3.05, 3.63) is 78.0 Å². The quantitative estimate of drug-likeness (QED) is 0.614. The van der Waals surface area contributed by atoms with Crippen LogP contribution in [0.1, 0.15) is 29.7 Å². The lowest BCUT2D eigenvalue weighted by molar-refractivity contribution is -0.126. The molecule has 1 aliphatic heterocycles. The number of carbonyl (C=O) groups excluding carboxylic acids is 2. The molecule has 2 aromatic heterocycles. The van der Waals surface area contributed by atoms with E-state index in [1.807, 2.05) is 35.1 Å². The highest BCUT2D eigenvalue weighted by molar-refractivity contribution is 5.79. The Balaban J connectivity index is 1.20. The second kappa shape index (κ2) is 9.97. The summed E-state index contributed by atoms with van der Waals surface area (Å²) in [6, 6.07) is 13.6. The summed E-state index contributed by atoms with van der Waals surface area (Å²) in [7, 11) is 0. The van der Waals surface area contributed by atoms with E-state index < -0.39 is 0 Å². The number of rotatable bonds is 7. The van der Waals surface area contributed by atoms with Gasteiger partial charge in [-0.15, -0.1) is 0 Å². The average Bonchev–Trinajstić information content (AvgIpc) is 3.50. The summed E-state index contributed by atoms with van der Waals surface area (Å²) in [5.41, 5.74) is 2.18. The van der Waals surface area contributed by atoms with E-state index in [1.165, 1.54) is 0 Å². The van der Waals surface area contributed by atoms with Gasteiger partial charge in [-0.1, -0.05) is 24.3 Å². The summed E-state index contributed by atoms with van der Waals surface area (Å²) in [6.45, 7) is 2.71. The van der Waals surface area contributed by atoms with Gasteiger partial charge in [0.05, 0.1) is 19.4 Å². The van der Waals surface area contributed by atoms with Gasteiger partial charge >= 0.3 is 6.03 Å². The third-order valence-electron chi connectivity index (χ3n) is 5.51. The highest BCUT2D eigenvalue weighted by Crippen LogP contribution is 2.18. The fourth-order valence-corrected chi connectivity index (χ4v) is 3.78. The molecule has 1 aliphatic rings. The second-order valence-corrected chi connectivity index (χ2v) is 7.74. The molecule has 0 aliphatic carbocycles. The van der Waals surface area contributed by atoms with Crippen molar-refractivity contribution in [3.8, 4) is 0 Å². The number of hydrogen-bond donors (Lipinski definition) is 2. The summed E-state index contributed by atoms with van der Waals surface area (Å²) in [4.78, 5) is 26.7. The zero-order valence-electron chi connectivity index (χ0n) is 17.4. The Kier molecular flexibility index (Phi) is 6.66. The average molecular weight is 422 g/mol. The number of furan rings is 1. The maximum Gasteiger partial charge on any atom is 0.317 e. The molecule has 162 valence electrons. The predicted molar refractivity (Wildman–Crippen MR) is 115 cm³/mol. The molecule has 3 aromatic rings. The lowest BCUT2D eigenvalue weighted by Gasteiger charge is -2.31. The molecule has 1 fully saturated rings. The minimum atomic E-state index is -0.0908. The molecule has 8 nitrogen and oxygen atoms in total. The SMILES string of the molecule is O=C(NCc1ccco1)C1CCN(C(=O)NCc2cccc(Cn3cccn3)c2)CC1. The van der Waals surface area contributed by atoms with Crippen LogP contribution in [-0.4, -0.2) is 39.7 Å². The van der Waals surface area contributed by atoms with Crippen LogP contribution in [0.3, 0.4) is 0 Å². The van der Waals surface area contributed by atoms with Crippen LogP contribution < -0.4 is 10.6 Å². The Morgan fingerprint density at radius 3 is 2.61 bits per heavy atom. The minimum absolute atomic E-state index is 0.0189. The van der Waals surface area contributed by atoms with Gasteiger partial charge in [0.15, 0.2) is 0 Å². The fraction of sp³-hybridized carbons (Fsp3) is 0.348. The second-order valence-electron chi connectivity index (χ2n) is 7.74. The topological polar surface area (TPSA) is 92.4 Å². The Morgan fingerprint density at radius 1 is 1.03 bits per heavy atom. The number of benzene rings is 1. The molecule has 1 aromatic carbocycles. The largest absolute Gasteiger partial charge is 0.467 e. The molecule has 0 bridgehead atoms. The maximum absolute atomic E-state index is 12.6. The first-order chi connectivity index (χ1) is 15.2. The third kappa shape index (κ3) is 5.75. The summed E-state index contributed by atoms with van der Waals surface area (Å²) >= 11 is 0. The number of piperidine rings is 1. The number of likely N-dealkylation sites (tertiary alicyclic amines) is 1. The van der Waals surface area contributed by atoms with Gasteiger partial charge in [0.1, 0.15) is 5.76 Å². The van der Waals surface area contributed by atoms with Crippen LogP contribution in [0.2, 0.25) is 0 Å². The van der Waals surface area contributed by atoms with E-state index in [9.17, 15) is 9.59 Å². The standard InChI is InChI=1S/C23H27N5O3/c29-22(24-16-21-6-2-13-31-21)20-7-11-27(12-8-20)23(30)25-15-18-4-1-5-19(14-18)17-28-10-3-9-26-28/h1-6,9-10,13-14,20H,7-8,11-12,15-17H2,(H,24,29)(H,25,30). The van der Waals surface area contributed by atoms with Crippen molar-refractivity contribution in [1.82, 2.24) is 25.3 Å². The Labute approximate surface area is 181 Å². The zero-order valence-corrected chi connectivity index (χ0v) is 17.4. The first-order valence-electron chi connectivity index (χ1n) is 10.6. The Morgan fingerprint density at radius 2 is 1.87 bits per heavy atom. The van der Waals surface area contributed by atoms with Gasteiger partial charge in [-0.25, -0.2) is 4.79 Å². The summed E-state index contributed by atoms with van der Waals surface area (Å²) < 4.78 is 7.10. The number of hydrogen-bond acceptors (Lipinski definition) is 4. The molecule has 0 spiro atoms. The molecular formula is C23H27N5O3. The minimum Gasteiger partial charge on any atom is -0.467 e. The zero-order chi connectivity index (χ0) is 21.5. The van der Waals surface area contributed by atoms with Crippen molar-refractivity contribution >= 4 is 11.9 Å². The number of amides is 3. The number of urea groups is 1. The van der Waals surface area contributed by atoms with Gasteiger partial charge in [-0.2, -0.15) is 5.10 Å². The van der Waals surface area contributed by atoms with Crippen molar-refractivity contribution < 1.29 is 14.0 Å². The number of nitrogens with zero attached hydrogens (tertiary/aromatic N) is 3. The van der Waals surface area contributed by atoms with Crippen molar-refractivity contribution in [3.63, 3.8) is 0 Å². The van der Waals surface area contributed by atoms with Gasteiger partial charge in [-0.3, -0.25) is 9.48 Å². The van der Waals surface area contributed by atoms with Crippen LogP contribution in [0, 0.1) is 5.92 Å². The normalized spacial score (nSPS) is 14.4. The highest BCUT2D eigenvalue weighted by atomic mass is 16.3. The molecule has 0 saturated carbocycles. The fourth-order valence-electron chi connectivity index (χ4n) is 3.78. The number of nitrogens with one attached hydrogen (secondary N) is 2. The molecule has 4 rings (SSSR count). The monoisotopic (exact) mass is 421 g/mol. The first kappa shape index (κ1) is 20.7. The van der Waals surface area contributed by atoms with Crippen molar-refractivity contribution in [2.45, 2.75) is 32.5 Å². The van der Waals surface area contributed by atoms with E-state index in [0.29, 0.717) is 45.6 Å². The van der Waals surface area contributed by atoms with Crippen LogP contribution in [0.25, 0.3) is 0 Å². The molecule has 3 amide bonds. The van der Waals surface area contributed by atoms with Gasteiger partial charge in [0.2, 0.25) is 5.91 Å². The van der Waals surface area contributed by atoms with Crippen molar-refractivity contribution in [2.75, 3.05) is 13.1 Å². The number of aromatic nitrogens is 2. The predicted octanol–water partition coefficient (Wildman–Crippen LogP) is 2.76.